The van der Waals surface area contributed by atoms with E-state index in [1.807, 2.05) is 6.07 Å². The zero-order chi connectivity index (χ0) is 15.2. The van der Waals surface area contributed by atoms with Crippen LogP contribution in [0.15, 0.2) is 28.7 Å². The van der Waals surface area contributed by atoms with Gasteiger partial charge in [0.05, 0.1) is 15.9 Å². The Balaban J connectivity index is 1.93. The van der Waals surface area contributed by atoms with E-state index in [2.05, 4.69) is 21.2 Å². The maximum absolute atomic E-state index is 13.1. The van der Waals surface area contributed by atoms with Crippen LogP contribution in [0.3, 0.4) is 0 Å². The predicted octanol–water partition coefficient (Wildman–Crippen LogP) is 6.28. The van der Waals surface area contributed by atoms with Crippen molar-refractivity contribution >= 4 is 44.6 Å². The molecule has 112 valence electrons. The van der Waals surface area contributed by atoms with Crippen molar-refractivity contribution in [2.75, 3.05) is 5.32 Å². The summed E-state index contributed by atoms with van der Waals surface area (Å²) in [5, 5.41) is 3.02. The molecular weight excluding hydrogens is 387 g/mol. The number of hydrogen-bond acceptors (Lipinski definition) is 2. The summed E-state index contributed by atoms with van der Waals surface area (Å²) >= 11 is 10.6. The van der Waals surface area contributed by atoms with Crippen LogP contribution in [0.5, 0.6) is 0 Å². The third-order valence-corrected chi connectivity index (χ3v) is 5.30. The quantitative estimate of drug-likeness (QED) is 0.629. The fourth-order valence-electron chi connectivity index (χ4n) is 2.54. The Morgan fingerprint density at radius 1 is 1.29 bits per heavy atom. The van der Waals surface area contributed by atoms with Crippen molar-refractivity contribution in [3.63, 3.8) is 0 Å². The minimum absolute atomic E-state index is 0.103. The van der Waals surface area contributed by atoms with Crippen LogP contribution in [0.25, 0.3) is 0 Å². The molecule has 7 heteroatoms. The molecule has 0 aliphatic heterocycles. The van der Waals surface area contributed by atoms with Crippen LogP contribution in [-0.2, 0) is 12.6 Å². The molecule has 1 nitrogen and oxygen atoms in total. The average molecular weight is 397 g/mol. The lowest BCUT2D eigenvalue weighted by Crippen LogP contribution is -2.13. The highest BCUT2D eigenvalue weighted by molar-refractivity contribution is 9.10. The molecule has 0 fully saturated rings. The molecule has 0 amide bonds. The van der Waals surface area contributed by atoms with E-state index >= 15 is 0 Å². The molecule has 3 rings (SSSR count). The van der Waals surface area contributed by atoms with E-state index in [0.717, 1.165) is 29.3 Å². The first-order valence-corrected chi connectivity index (χ1v) is 8.25. The van der Waals surface area contributed by atoms with Gasteiger partial charge >= 0.3 is 6.18 Å². The SMILES string of the molecule is FC(F)(F)c1cc(Br)ccc1NC1CCc2sc(Cl)cc21. The Morgan fingerprint density at radius 2 is 2.05 bits per heavy atom. The van der Waals surface area contributed by atoms with Gasteiger partial charge in [-0.15, -0.1) is 11.3 Å². The number of thiophene rings is 1. The molecule has 0 bridgehead atoms. The molecule has 1 aliphatic rings. The largest absolute Gasteiger partial charge is 0.418 e. The standard InChI is InChI=1S/C14H10BrClF3NS/c15-7-1-2-11(9(5-7)14(17,18)19)20-10-3-4-12-8(10)6-13(16)21-12/h1-2,5-6,10,20H,3-4H2. The number of halogens is 5. The molecule has 0 saturated carbocycles. The van der Waals surface area contributed by atoms with Crippen molar-refractivity contribution < 1.29 is 13.2 Å². The van der Waals surface area contributed by atoms with Gasteiger partial charge in [-0.2, -0.15) is 13.2 Å². The van der Waals surface area contributed by atoms with Gasteiger partial charge in [0.1, 0.15) is 0 Å². The maximum atomic E-state index is 13.1. The monoisotopic (exact) mass is 395 g/mol. The summed E-state index contributed by atoms with van der Waals surface area (Å²) in [6.45, 7) is 0. The molecule has 0 radical (unpaired) electrons. The highest BCUT2D eigenvalue weighted by Crippen LogP contribution is 2.43. The first-order valence-electron chi connectivity index (χ1n) is 6.26. The van der Waals surface area contributed by atoms with Crippen molar-refractivity contribution in [1.82, 2.24) is 0 Å². The third-order valence-electron chi connectivity index (χ3n) is 3.46. The van der Waals surface area contributed by atoms with Gasteiger partial charge in [-0.25, -0.2) is 0 Å². The summed E-state index contributed by atoms with van der Waals surface area (Å²) in [5.41, 5.74) is 0.457. The van der Waals surface area contributed by atoms with Gasteiger partial charge in [0, 0.05) is 15.0 Å². The lowest BCUT2D eigenvalue weighted by atomic mass is 10.1. The van der Waals surface area contributed by atoms with E-state index < -0.39 is 11.7 Å². The highest BCUT2D eigenvalue weighted by atomic mass is 79.9. The van der Waals surface area contributed by atoms with Crippen molar-refractivity contribution in [1.29, 1.82) is 0 Å². The minimum Gasteiger partial charge on any atom is -0.378 e. The summed E-state index contributed by atoms with van der Waals surface area (Å²) in [6, 6.07) is 5.88. The number of rotatable bonds is 2. The van der Waals surface area contributed by atoms with Gasteiger partial charge in [-0.05, 0) is 42.7 Å². The number of fused-ring (bicyclic) bond motifs is 1. The average Bonchev–Trinajstić information content (AvgIpc) is 2.91. The molecule has 1 aromatic heterocycles. The molecule has 2 aromatic rings. The molecule has 0 saturated heterocycles. The molecule has 1 heterocycles. The summed E-state index contributed by atoms with van der Waals surface area (Å²) in [5.74, 6) is 0. The first-order chi connectivity index (χ1) is 9.84. The Hall–Kier alpha value is -0.720. The maximum Gasteiger partial charge on any atom is 0.418 e. The van der Waals surface area contributed by atoms with E-state index in [9.17, 15) is 13.2 Å². The van der Waals surface area contributed by atoms with E-state index in [0.29, 0.717) is 8.81 Å². The second-order valence-corrected chi connectivity index (χ2v) is 7.54. The highest BCUT2D eigenvalue weighted by Gasteiger charge is 2.35. The molecule has 0 spiro atoms. The molecule has 1 aromatic carbocycles. The molecule has 1 aliphatic carbocycles. The molecule has 1 atom stereocenters. The van der Waals surface area contributed by atoms with Crippen molar-refractivity contribution in [3.8, 4) is 0 Å². The summed E-state index contributed by atoms with van der Waals surface area (Å²) in [6.07, 6.45) is -2.76. The van der Waals surface area contributed by atoms with Gasteiger partial charge in [-0.1, -0.05) is 27.5 Å². The third kappa shape index (κ3) is 3.07. The van der Waals surface area contributed by atoms with Gasteiger partial charge in [-0.3, -0.25) is 0 Å². The molecular formula is C14H10BrClF3NS. The number of anilines is 1. The lowest BCUT2D eigenvalue weighted by molar-refractivity contribution is -0.137. The second kappa shape index (κ2) is 5.48. The fraction of sp³-hybridized carbons (Fsp3) is 0.286. The fourth-order valence-corrected chi connectivity index (χ4v) is 4.26. The predicted molar refractivity (Wildman–Crippen MR) is 83.2 cm³/mol. The van der Waals surface area contributed by atoms with Crippen LogP contribution >= 0.6 is 38.9 Å². The van der Waals surface area contributed by atoms with Crippen molar-refractivity contribution in [3.05, 3.63) is 49.1 Å². The van der Waals surface area contributed by atoms with E-state index in [-0.39, 0.29) is 11.7 Å². The van der Waals surface area contributed by atoms with E-state index in [4.69, 9.17) is 11.6 Å². The summed E-state index contributed by atoms with van der Waals surface area (Å²) < 4.78 is 40.5. The normalized spacial score (nSPS) is 17.9. The number of hydrogen-bond donors (Lipinski definition) is 1. The summed E-state index contributed by atoms with van der Waals surface area (Å²) in [4.78, 5) is 1.16. The number of alkyl halides is 3. The molecule has 1 N–H and O–H groups in total. The minimum atomic E-state index is -4.39. The second-order valence-electron chi connectivity index (χ2n) is 4.85. The smallest absolute Gasteiger partial charge is 0.378 e. The lowest BCUT2D eigenvalue weighted by Gasteiger charge is -2.19. The Kier molecular flexibility index (Phi) is 3.96. The van der Waals surface area contributed by atoms with Crippen molar-refractivity contribution in [2.24, 2.45) is 0 Å². The van der Waals surface area contributed by atoms with Crippen molar-refractivity contribution in [2.45, 2.75) is 25.1 Å². The zero-order valence-electron chi connectivity index (χ0n) is 10.6. The first kappa shape index (κ1) is 15.2. The van der Waals surface area contributed by atoms with E-state index in [1.165, 1.54) is 17.4 Å². The van der Waals surface area contributed by atoms with Crippen LogP contribution < -0.4 is 5.32 Å². The number of benzene rings is 1. The number of nitrogens with one attached hydrogen (secondary N) is 1. The van der Waals surface area contributed by atoms with Crippen LogP contribution in [-0.4, -0.2) is 0 Å². The summed E-state index contributed by atoms with van der Waals surface area (Å²) in [7, 11) is 0. The van der Waals surface area contributed by atoms with Gasteiger partial charge < -0.3 is 5.32 Å². The van der Waals surface area contributed by atoms with Gasteiger partial charge in [0.25, 0.3) is 0 Å². The number of aryl methyl sites for hydroxylation is 1. The van der Waals surface area contributed by atoms with E-state index in [1.54, 1.807) is 6.07 Å². The zero-order valence-corrected chi connectivity index (χ0v) is 13.8. The van der Waals surface area contributed by atoms with Crippen LogP contribution in [0.4, 0.5) is 18.9 Å². The van der Waals surface area contributed by atoms with Gasteiger partial charge in [0.15, 0.2) is 0 Å². The van der Waals surface area contributed by atoms with Gasteiger partial charge in [0.2, 0.25) is 0 Å². The Morgan fingerprint density at radius 3 is 2.76 bits per heavy atom. The molecule has 1 unspecified atom stereocenters. The molecule has 21 heavy (non-hydrogen) atoms. The van der Waals surface area contributed by atoms with Crippen LogP contribution in [0, 0.1) is 0 Å². The topological polar surface area (TPSA) is 12.0 Å². The Labute approximate surface area is 137 Å². The van der Waals surface area contributed by atoms with Crippen LogP contribution in [0.1, 0.15) is 28.5 Å². The van der Waals surface area contributed by atoms with Crippen LogP contribution in [0.2, 0.25) is 4.34 Å². The Bertz CT molecular complexity index is 683.